The Labute approximate surface area is 151 Å². The van der Waals surface area contributed by atoms with Crippen molar-refractivity contribution in [1.29, 1.82) is 0 Å². The average molecular weight is 358 g/mol. The lowest BCUT2D eigenvalue weighted by Gasteiger charge is -2.14. The third kappa shape index (κ3) is 3.57. The number of fused-ring (bicyclic) bond motifs is 1. The highest BCUT2D eigenvalue weighted by molar-refractivity contribution is 6.02. The van der Waals surface area contributed by atoms with Gasteiger partial charge in [0.2, 0.25) is 5.91 Å². The van der Waals surface area contributed by atoms with Gasteiger partial charge < -0.3 is 25.3 Å². The molecule has 0 saturated carbocycles. The highest BCUT2D eigenvalue weighted by Gasteiger charge is 2.31. The van der Waals surface area contributed by atoms with Crippen molar-refractivity contribution >= 4 is 22.6 Å². The number of carbonyl (C=O) groups is 2. The summed E-state index contributed by atoms with van der Waals surface area (Å²) in [6.07, 6.45) is 0.941. The number of rotatable bonds is 7. The van der Waals surface area contributed by atoms with Crippen molar-refractivity contribution < 1.29 is 23.8 Å². The van der Waals surface area contributed by atoms with Crippen LogP contribution < -0.4 is 20.5 Å². The van der Waals surface area contributed by atoms with Crippen LogP contribution in [0.4, 0.5) is 0 Å². The van der Waals surface area contributed by atoms with Gasteiger partial charge in [-0.1, -0.05) is 12.1 Å². The first-order valence-corrected chi connectivity index (χ1v) is 8.40. The van der Waals surface area contributed by atoms with Gasteiger partial charge in [0.15, 0.2) is 0 Å². The maximum Gasteiger partial charge on any atom is 0.252 e. The maximum absolute atomic E-state index is 11.7. The van der Waals surface area contributed by atoms with Crippen molar-refractivity contribution in [3.63, 3.8) is 0 Å². The number of hydrogen-bond donors (Lipinski definition) is 2. The Morgan fingerprint density at radius 2 is 2.08 bits per heavy atom. The molecule has 7 heteroatoms. The maximum atomic E-state index is 11.7. The molecule has 2 amide bonds. The molecule has 1 fully saturated rings. The highest BCUT2D eigenvalue weighted by atomic mass is 16.5. The van der Waals surface area contributed by atoms with Gasteiger partial charge in [0.25, 0.3) is 5.91 Å². The first-order chi connectivity index (χ1) is 12.5. The molecule has 0 bridgehead atoms. The second-order valence-corrected chi connectivity index (χ2v) is 6.20. The molecule has 2 aromatic rings. The van der Waals surface area contributed by atoms with Gasteiger partial charge in [-0.2, -0.15) is 0 Å². The number of carbonyl (C=O) groups excluding carboxylic acids is 2. The van der Waals surface area contributed by atoms with Crippen LogP contribution in [0.1, 0.15) is 23.2 Å². The number of nitrogens with two attached hydrogens (primary N) is 1. The van der Waals surface area contributed by atoms with E-state index in [0.717, 1.165) is 10.8 Å². The van der Waals surface area contributed by atoms with Crippen LogP contribution in [0.2, 0.25) is 0 Å². The molecular weight excluding hydrogens is 336 g/mol. The molecular formula is C19H22N2O5. The van der Waals surface area contributed by atoms with E-state index in [9.17, 15) is 9.59 Å². The van der Waals surface area contributed by atoms with Gasteiger partial charge in [0.05, 0.1) is 19.3 Å². The van der Waals surface area contributed by atoms with E-state index in [4.69, 9.17) is 19.9 Å². The van der Waals surface area contributed by atoms with Gasteiger partial charge in [-0.05, 0) is 23.6 Å². The predicted octanol–water partition coefficient (Wildman–Crippen LogP) is 1.62. The minimum atomic E-state index is -0.542. The van der Waals surface area contributed by atoms with Crippen LogP contribution in [0, 0.1) is 0 Å². The van der Waals surface area contributed by atoms with E-state index in [1.54, 1.807) is 12.1 Å². The Morgan fingerprint density at radius 1 is 1.27 bits per heavy atom. The van der Waals surface area contributed by atoms with Crippen LogP contribution in [0.3, 0.4) is 0 Å². The zero-order valence-corrected chi connectivity index (χ0v) is 14.8. The number of nitrogens with one attached hydrogen (secondary N) is 1. The molecule has 0 unspecified atom stereocenters. The third-order valence-electron chi connectivity index (χ3n) is 4.57. The minimum absolute atomic E-state index is 0.0402. The Balaban J connectivity index is 1.74. The summed E-state index contributed by atoms with van der Waals surface area (Å²) >= 11 is 0. The second-order valence-electron chi connectivity index (χ2n) is 6.20. The molecule has 0 radical (unpaired) electrons. The molecule has 0 spiro atoms. The zero-order valence-electron chi connectivity index (χ0n) is 14.8. The van der Waals surface area contributed by atoms with Crippen LogP contribution in [0.5, 0.6) is 11.5 Å². The largest absolute Gasteiger partial charge is 0.496 e. The van der Waals surface area contributed by atoms with Crippen molar-refractivity contribution in [2.45, 2.75) is 25.0 Å². The molecule has 138 valence electrons. The summed E-state index contributed by atoms with van der Waals surface area (Å²) in [6, 6.07) is 9.09. The van der Waals surface area contributed by atoms with Gasteiger partial charge in [-0.3, -0.25) is 9.59 Å². The Bertz CT molecular complexity index is 836. The predicted molar refractivity (Wildman–Crippen MR) is 96.5 cm³/mol. The van der Waals surface area contributed by atoms with E-state index < -0.39 is 5.91 Å². The van der Waals surface area contributed by atoms with Crippen molar-refractivity contribution in [1.82, 2.24) is 5.32 Å². The van der Waals surface area contributed by atoms with Gasteiger partial charge in [0.1, 0.15) is 17.6 Å². The van der Waals surface area contributed by atoms with Crippen molar-refractivity contribution in [3.05, 3.63) is 35.9 Å². The van der Waals surface area contributed by atoms with Gasteiger partial charge >= 0.3 is 0 Å². The third-order valence-corrected chi connectivity index (χ3v) is 4.57. The molecule has 2 aromatic carbocycles. The number of hydrogen-bond acceptors (Lipinski definition) is 5. The van der Waals surface area contributed by atoms with E-state index in [2.05, 4.69) is 5.32 Å². The second kappa shape index (κ2) is 7.61. The molecule has 3 rings (SSSR count). The van der Waals surface area contributed by atoms with E-state index in [1.165, 1.54) is 14.2 Å². The lowest BCUT2D eigenvalue weighted by Crippen LogP contribution is -2.29. The number of ether oxygens (including phenoxy) is 3. The molecule has 1 aliphatic heterocycles. The summed E-state index contributed by atoms with van der Waals surface area (Å²) in [5.41, 5.74) is 5.74. The normalized spacial score (nSPS) is 19.4. The van der Waals surface area contributed by atoms with Gasteiger partial charge in [0, 0.05) is 31.4 Å². The highest BCUT2D eigenvalue weighted by Crippen LogP contribution is 2.32. The van der Waals surface area contributed by atoms with Gasteiger partial charge in [-0.25, -0.2) is 0 Å². The summed E-state index contributed by atoms with van der Waals surface area (Å²) in [5.74, 6) is 0.475. The molecule has 1 aliphatic rings. The lowest BCUT2D eigenvalue weighted by atomic mass is 10.0. The molecule has 1 heterocycles. The minimum Gasteiger partial charge on any atom is -0.496 e. The number of benzene rings is 2. The average Bonchev–Trinajstić information content (AvgIpc) is 3.00. The zero-order chi connectivity index (χ0) is 18.7. The fourth-order valence-corrected chi connectivity index (χ4v) is 3.19. The van der Waals surface area contributed by atoms with Gasteiger partial charge in [-0.15, -0.1) is 0 Å². The fraction of sp³-hybridized carbons (Fsp3) is 0.368. The fourth-order valence-electron chi connectivity index (χ4n) is 3.19. The monoisotopic (exact) mass is 358 g/mol. The lowest BCUT2D eigenvalue weighted by molar-refractivity contribution is -0.127. The standard InChI is InChI=1S/C19H22N2O5/c1-24-16-10-13-11(8-14(16)18(20)22)4-3-5-15(13)26-7-6-12-9-17(25-2)19(23)21-12/h3-5,8,10,12,17H,6-7,9H2,1-2H3,(H2,20,22)(H,21,23)/t12-,17+/m1/s1. The molecule has 2 atom stereocenters. The van der Waals surface area contributed by atoms with Crippen LogP contribution in [0.25, 0.3) is 10.8 Å². The summed E-state index contributed by atoms with van der Waals surface area (Å²) < 4.78 is 16.3. The summed E-state index contributed by atoms with van der Waals surface area (Å²) in [4.78, 5) is 23.2. The van der Waals surface area contributed by atoms with Crippen LogP contribution >= 0.6 is 0 Å². The van der Waals surface area contributed by atoms with Crippen LogP contribution in [-0.2, 0) is 9.53 Å². The summed E-state index contributed by atoms with van der Waals surface area (Å²) in [5, 5.41) is 4.57. The van der Waals surface area contributed by atoms with E-state index in [-0.39, 0.29) is 18.1 Å². The van der Waals surface area contributed by atoms with Crippen molar-refractivity contribution in [2.24, 2.45) is 5.73 Å². The topological polar surface area (TPSA) is 99.9 Å². The first-order valence-electron chi connectivity index (χ1n) is 8.40. The molecule has 26 heavy (non-hydrogen) atoms. The molecule has 7 nitrogen and oxygen atoms in total. The quantitative estimate of drug-likeness (QED) is 0.783. The number of amides is 2. The van der Waals surface area contributed by atoms with E-state index in [1.807, 2.05) is 18.2 Å². The summed E-state index contributed by atoms with van der Waals surface area (Å²) in [6.45, 7) is 0.445. The first kappa shape index (κ1) is 18.0. The summed E-state index contributed by atoms with van der Waals surface area (Å²) in [7, 11) is 3.03. The SMILES string of the molecule is COc1cc2c(OCC[C@@H]3C[C@H](OC)C(=O)N3)cccc2cc1C(N)=O. The number of methoxy groups -OCH3 is 2. The molecule has 0 aromatic heterocycles. The van der Waals surface area contributed by atoms with Crippen LogP contribution in [-0.4, -0.2) is 44.8 Å². The molecule has 3 N–H and O–H groups in total. The molecule has 0 aliphatic carbocycles. The number of primary amides is 1. The Kier molecular flexibility index (Phi) is 5.27. The Hall–Kier alpha value is -2.80. The van der Waals surface area contributed by atoms with Crippen molar-refractivity contribution in [2.75, 3.05) is 20.8 Å². The van der Waals surface area contributed by atoms with Crippen molar-refractivity contribution in [3.8, 4) is 11.5 Å². The Morgan fingerprint density at radius 3 is 2.73 bits per heavy atom. The van der Waals surface area contributed by atoms with Crippen LogP contribution in [0.15, 0.2) is 30.3 Å². The van der Waals surface area contributed by atoms with E-state index >= 15 is 0 Å². The van der Waals surface area contributed by atoms with E-state index in [0.29, 0.717) is 36.5 Å². The smallest absolute Gasteiger partial charge is 0.252 e. The molecule has 1 saturated heterocycles.